The first-order valence-electron chi connectivity index (χ1n) is 16.6. The molecule has 4 heterocycles. The SMILES string of the molecule is CN(C)Cc1nc(-c2ccc3c(Nc4cc(O)c(F)cc4Cl)ccnc3c2)cs1.O=Cc1nc(-c2ccc3c(Nc4cc(O)c(F)cc4Cl)ccnc3c2)cs1. The Bertz CT molecular complexity index is 2750. The summed E-state index contributed by atoms with van der Waals surface area (Å²) in [5.74, 6) is -2.50. The van der Waals surface area contributed by atoms with Gasteiger partial charge in [0.05, 0.1) is 43.8 Å². The van der Waals surface area contributed by atoms with Gasteiger partial charge in [-0.25, -0.2) is 18.7 Å². The van der Waals surface area contributed by atoms with Crippen molar-refractivity contribution in [1.82, 2.24) is 24.8 Å². The molecule has 0 saturated heterocycles. The largest absolute Gasteiger partial charge is 0.505 e. The average Bonchev–Trinajstić information content (AvgIpc) is 3.86. The summed E-state index contributed by atoms with van der Waals surface area (Å²) in [5, 5.41) is 32.8. The fourth-order valence-electron chi connectivity index (χ4n) is 5.65. The number of benzene rings is 4. The average molecular weight is 829 g/mol. The zero-order valence-electron chi connectivity index (χ0n) is 29.4. The molecule has 0 aliphatic rings. The van der Waals surface area contributed by atoms with Crippen LogP contribution in [0.15, 0.2) is 96.0 Å². The van der Waals surface area contributed by atoms with Crippen molar-refractivity contribution in [2.24, 2.45) is 0 Å². The molecule has 0 aliphatic heterocycles. The third-order valence-corrected chi connectivity index (χ3v) is 10.5. The first-order valence-corrected chi connectivity index (χ1v) is 19.2. The van der Waals surface area contributed by atoms with E-state index in [0.717, 1.165) is 68.8 Å². The van der Waals surface area contributed by atoms with Gasteiger partial charge in [0.15, 0.2) is 34.4 Å². The minimum atomic E-state index is -0.785. The van der Waals surface area contributed by atoms with E-state index in [4.69, 9.17) is 28.2 Å². The molecule has 0 unspecified atom stereocenters. The van der Waals surface area contributed by atoms with Crippen LogP contribution in [-0.4, -0.2) is 55.4 Å². The Morgan fingerprint density at radius 3 is 1.68 bits per heavy atom. The number of hydrogen-bond donors (Lipinski definition) is 4. The normalized spacial score (nSPS) is 11.1. The van der Waals surface area contributed by atoms with Crippen LogP contribution in [0.1, 0.15) is 14.8 Å². The minimum absolute atomic E-state index is 0.149. The van der Waals surface area contributed by atoms with Gasteiger partial charge in [-0.2, -0.15) is 0 Å². The summed E-state index contributed by atoms with van der Waals surface area (Å²) in [6.45, 7) is 0.801. The zero-order chi connectivity index (χ0) is 39.5. The van der Waals surface area contributed by atoms with Crippen molar-refractivity contribution < 1.29 is 23.8 Å². The van der Waals surface area contributed by atoms with Gasteiger partial charge in [0.2, 0.25) is 0 Å². The summed E-state index contributed by atoms with van der Waals surface area (Å²) in [5.41, 5.74) is 7.19. The van der Waals surface area contributed by atoms with Crippen LogP contribution >= 0.6 is 45.9 Å². The first-order chi connectivity index (χ1) is 26.9. The van der Waals surface area contributed by atoms with Crippen LogP contribution in [0.25, 0.3) is 44.3 Å². The monoisotopic (exact) mass is 827 g/mol. The van der Waals surface area contributed by atoms with Crippen molar-refractivity contribution in [2.75, 3.05) is 24.7 Å². The number of carbonyl (C=O) groups is 1. The molecule has 0 saturated carbocycles. The van der Waals surface area contributed by atoms with Gasteiger partial charge in [-0.15, -0.1) is 22.7 Å². The van der Waals surface area contributed by atoms with Gasteiger partial charge in [-0.05, 0) is 50.5 Å². The van der Waals surface area contributed by atoms with Crippen molar-refractivity contribution >= 4 is 96.7 Å². The molecular weight excluding hydrogens is 800 g/mol. The van der Waals surface area contributed by atoms with E-state index in [0.29, 0.717) is 33.3 Å². The number of phenolic OH excluding ortho intramolecular Hbond substituents is 2. The van der Waals surface area contributed by atoms with Crippen molar-refractivity contribution in [3.8, 4) is 34.0 Å². The molecule has 10 nitrogen and oxygen atoms in total. The van der Waals surface area contributed by atoms with Crippen LogP contribution < -0.4 is 10.6 Å². The molecule has 0 bridgehead atoms. The molecule has 0 spiro atoms. The number of anilines is 4. The lowest BCUT2D eigenvalue weighted by molar-refractivity contribution is 0.112. The van der Waals surface area contributed by atoms with E-state index >= 15 is 0 Å². The molecule has 282 valence electrons. The third kappa shape index (κ3) is 8.54. The fraction of sp³-hybridized carbons (Fsp3) is 0.0750. The Kier molecular flexibility index (Phi) is 11.4. The van der Waals surface area contributed by atoms with Crippen molar-refractivity contribution in [2.45, 2.75) is 6.54 Å². The van der Waals surface area contributed by atoms with Crippen LogP contribution in [0.3, 0.4) is 0 Å². The summed E-state index contributed by atoms with van der Waals surface area (Å²) in [6.07, 6.45) is 4.03. The van der Waals surface area contributed by atoms with Gasteiger partial charge < -0.3 is 25.7 Å². The van der Waals surface area contributed by atoms with Gasteiger partial charge >= 0.3 is 0 Å². The second-order valence-corrected chi connectivity index (χ2v) is 15.2. The number of aromatic hydroxyl groups is 2. The quantitative estimate of drug-likeness (QED) is 0.104. The second-order valence-electron chi connectivity index (χ2n) is 12.6. The molecule has 0 amide bonds. The molecule has 56 heavy (non-hydrogen) atoms. The lowest BCUT2D eigenvalue weighted by Crippen LogP contribution is -2.10. The highest BCUT2D eigenvalue weighted by Gasteiger charge is 2.14. The van der Waals surface area contributed by atoms with E-state index in [9.17, 15) is 23.8 Å². The Labute approximate surface area is 336 Å². The molecule has 16 heteroatoms. The zero-order valence-corrected chi connectivity index (χ0v) is 32.5. The molecule has 4 N–H and O–H groups in total. The molecule has 4 aromatic heterocycles. The second kappa shape index (κ2) is 16.5. The lowest BCUT2D eigenvalue weighted by Gasteiger charge is -2.12. The Hall–Kier alpha value is -5.77. The highest BCUT2D eigenvalue weighted by Crippen LogP contribution is 2.36. The highest BCUT2D eigenvalue weighted by atomic mass is 35.5. The van der Waals surface area contributed by atoms with Gasteiger partial charge in [-0.3, -0.25) is 14.8 Å². The van der Waals surface area contributed by atoms with Gasteiger partial charge in [0.1, 0.15) is 5.01 Å². The summed E-state index contributed by atoms with van der Waals surface area (Å²) >= 11 is 15.1. The number of carbonyl (C=O) groups excluding carboxylic acids is 1. The smallest absolute Gasteiger partial charge is 0.178 e. The van der Waals surface area contributed by atoms with E-state index < -0.39 is 23.1 Å². The predicted molar refractivity (Wildman–Crippen MR) is 221 cm³/mol. The number of nitrogens with zero attached hydrogens (tertiary/aromatic N) is 5. The molecule has 0 aliphatic carbocycles. The lowest BCUT2D eigenvalue weighted by atomic mass is 10.1. The number of nitrogens with one attached hydrogen (secondary N) is 2. The summed E-state index contributed by atoms with van der Waals surface area (Å²) < 4.78 is 26.8. The molecule has 0 atom stereocenters. The van der Waals surface area contributed by atoms with Gasteiger partial charge in [0.25, 0.3) is 0 Å². The minimum Gasteiger partial charge on any atom is -0.505 e. The molecular formula is C40H29Cl2F2N7O3S2. The fourth-order valence-corrected chi connectivity index (χ4v) is 7.59. The van der Waals surface area contributed by atoms with Crippen LogP contribution in [0.2, 0.25) is 10.0 Å². The van der Waals surface area contributed by atoms with Crippen molar-refractivity contribution in [3.05, 3.63) is 128 Å². The van der Waals surface area contributed by atoms with Crippen molar-refractivity contribution in [3.63, 3.8) is 0 Å². The molecule has 0 radical (unpaired) electrons. The van der Waals surface area contributed by atoms with Crippen LogP contribution in [0, 0.1) is 11.6 Å². The van der Waals surface area contributed by atoms with E-state index in [-0.39, 0.29) is 10.0 Å². The first kappa shape index (κ1) is 38.5. The summed E-state index contributed by atoms with van der Waals surface area (Å²) in [6, 6.07) is 19.7. The van der Waals surface area contributed by atoms with E-state index in [1.54, 1.807) is 35.9 Å². The summed E-state index contributed by atoms with van der Waals surface area (Å²) in [4.78, 5) is 30.7. The molecule has 8 aromatic rings. The van der Waals surface area contributed by atoms with E-state index in [1.807, 2.05) is 61.3 Å². The number of pyridine rings is 2. The highest BCUT2D eigenvalue weighted by molar-refractivity contribution is 7.11. The van der Waals surface area contributed by atoms with Crippen molar-refractivity contribution in [1.29, 1.82) is 0 Å². The van der Waals surface area contributed by atoms with Gasteiger partial charge in [-0.1, -0.05) is 47.5 Å². The number of rotatable bonds is 9. The number of aromatic nitrogens is 4. The Morgan fingerprint density at radius 2 is 1.20 bits per heavy atom. The van der Waals surface area contributed by atoms with E-state index in [1.165, 1.54) is 23.5 Å². The maximum absolute atomic E-state index is 13.4. The molecule has 8 rings (SSSR count). The number of phenols is 2. The summed E-state index contributed by atoms with van der Waals surface area (Å²) in [7, 11) is 4.03. The topological polar surface area (TPSA) is 136 Å². The standard InChI is InChI=1S/C21H18ClFN4OS.C19H11ClFN3O2S/c1-27(2)10-21-26-19(11-29-21)12-3-4-13-16(5-6-24-17(13)7-12)25-18-9-20(28)15(23)8-14(18)22;20-12-6-13(21)18(26)7-16(12)23-14-3-4-22-15-5-10(1-2-11(14)15)17-9-27-19(8-25)24-17/h3-9,11,28H,10H2,1-2H3,(H,24,25);1-9,26H,(H,22,23). The molecule has 0 fully saturated rings. The maximum Gasteiger partial charge on any atom is 0.178 e. The Balaban J connectivity index is 0.000000172. The van der Waals surface area contributed by atoms with Crippen LogP contribution in [0.5, 0.6) is 11.5 Å². The molecule has 4 aromatic carbocycles. The van der Waals surface area contributed by atoms with Gasteiger partial charge in [0, 0.05) is 75.1 Å². The Morgan fingerprint density at radius 1 is 0.696 bits per heavy atom. The number of aldehydes is 1. The number of halogens is 4. The number of fused-ring (bicyclic) bond motifs is 2. The predicted octanol–water partition coefficient (Wildman–Crippen LogP) is 11.1. The number of thiazole rings is 2. The third-order valence-electron chi connectivity index (χ3n) is 8.31. The maximum atomic E-state index is 13.4. The van der Waals surface area contributed by atoms with Crippen LogP contribution in [-0.2, 0) is 6.54 Å². The number of hydrogen-bond acceptors (Lipinski definition) is 12. The van der Waals surface area contributed by atoms with E-state index in [2.05, 4.69) is 30.5 Å². The van der Waals surface area contributed by atoms with Crippen LogP contribution in [0.4, 0.5) is 31.5 Å².